The number of carbonyl (C=O) groups excluding carboxylic acids is 1. The van der Waals surface area contributed by atoms with Gasteiger partial charge in [0.05, 0.1) is 5.56 Å². The average molecular weight is 328 g/mol. The SMILES string of the molecule is CCCC(=O)c1ccc(OCCN2CCCCC2)cc1O.Cl. The van der Waals surface area contributed by atoms with Gasteiger partial charge in [0.25, 0.3) is 0 Å². The largest absolute Gasteiger partial charge is 0.507 e. The van der Waals surface area contributed by atoms with E-state index in [4.69, 9.17) is 4.74 Å². The summed E-state index contributed by atoms with van der Waals surface area (Å²) in [5, 5.41) is 9.93. The molecular formula is C17H26ClNO3. The van der Waals surface area contributed by atoms with Gasteiger partial charge in [0, 0.05) is 19.0 Å². The first-order chi connectivity index (χ1) is 10.2. The monoisotopic (exact) mass is 327 g/mol. The fraction of sp³-hybridized carbons (Fsp3) is 0.588. The maximum Gasteiger partial charge on any atom is 0.166 e. The molecule has 0 spiro atoms. The van der Waals surface area contributed by atoms with Crippen molar-refractivity contribution in [2.75, 3.05) is 26.2 Å². The van der Waals surface area contributed by atoms with Gasteiger partial charge in [-0.15, -0.1) is 12.4 Å². The zero-order valence-electron chi connectivity index (χ0n) is 13.2. The number of ether oxygens (including phenoxy) is 1. The van der Waals surface area contributed by atoms with Gasteiger partial charge in [-0.05, 0) is 44.5 Å². The fourth-order valence-corrected chi connectivity index (χ4v) is 2.67. The lowest BCUT2D eigenvalue weighted by Gasteiger charge is -2.26. The van der Waals surface area contributed by atoms with Gasteiger partial charge in [-0.3, -0.25) is 9.69 Å². The molecule has 1 fully saturated rings. The van der Waals surface area contributed by atoms with E-state index in [-0.39, 0.29) is 23.9 Å². The maximum atomic E-state index is 11.8. The molecule has 22 heavy (non-hydrogen) atoms. The molecule has 0 amide bonds. The summed E-state index contributed by atoms with van der Waals surface area (Å²) in [5.74, 6) is 0.622. The van der Waals surface area contributed by atoms with Crippen molar-refractivity contribution in [3.63, 3.8) is 0 Å². The standard InChI is InChI=1S/C17H25NO3.ClH/c1-2-6-16(19)15-8-7-14(13-17(15)20)21-12-11-18-9-4-3-5-10-18;/h7-8,13,20H,2-6,9-12H2,1H3;1H. The van der Waals surface area contributed by atoms with Gasteiger partial charge in [0.2, 0.25) is 0 Å². The predicted molar refractivity (Wildman–Crippen MR) is 90.4 cm³/mol. The third kappa shape index (κ3) is 5.50. The summed E-state index contributed by atoms with van der Waals surface area (Å²) in [5.41, 5.74) is 0.389. The van der Waals surface area contributed by atoms with Crippen LogP contribution in [0.1, 0.15) is 49.4 Å². The second kappa shape index (κ2) is 9.70. The van der Waals surface area contributed by atoms with Crippen LogP contribution in [0, 0.1) is 0 Å². The molecule has 0 radical (unpaired) electrons. The van der Waals surface area contributed by atoms with Crippen LogP contribution >= 0.6 is 12.4 Å². The second-order valence-electron chi connectivity index (χ2n) is 5.60. The van der Waals surface area contributed by atoms with E-state index in [9.17, 15) is 9.90 Å². The Labute approximate surface area is 138 Å². The second-order valence-corrected chi connectivity index (χ2v) is 5.60. The van der Waals surface area contributed by atoms with E-state index in [1.54, 1.807) is 18.2 Å². The van der Waals surface area contributed by atoms with Gasteiger partial charge in [0.15, 0.2) is 5.78 Å². The number of aromatic hydroxyl groups is 1. The van der Waals surface area contributed by atoms with Gasteiger partial charge in [-0.1, -0.05) is 13.3 Å². The number of rotatable bonds is 7. The highest BCUT2D eigenvalue weighted by molar-refractivity contribution is 5.98. The van der Waals surface area contributed by atoms with Crippen molar-refractivity contribution in [1.29, 1.82) is 0 Å². The Balaban J connectivity index is 0.00000242. The van der Waals surface area contributed by atoms with E-state index in [0.717, 1.165) is 26.1 Å². The molecule has 124 valence electrons. The molecule has 1 saturated heterocycles. The molecule has 1 N–H and O–H groups in total. The topological polar surface area (TPSA) is 49.8 Å². The Kier molecular flexibility index (Phi) is 8.28. The lowest BCUT2D eigenvalue weighted by Crippen LogP contribution is -2.33. The van der Waals surface area contributed by atoms with E-state index in [1.807, 2.05) is 6.92 Å². The zero-order chi connectivity index (χ0) is 15.1. The Bertz CT molecular complexity index is 473. The normalized spacial score (nSPS) is 15.1. The quantitative estimate of drug-likeness (QED) is 0.776. The van der Waals surface area contributed by atoms with Crippen molar-refractivity contribution in [2.45, 2.75) is 39.0 Å². The van der Waals surface area contributed by atoms with Crippen LogP contribution in [0.3, 0.4) is 0 Å². The van der Waals surface area contributed by atoms with Crippen LogP contribution in [0.25, 0.3) is 0 Å². The minimum Gasteiger partial charge on any atom is -0.507 e. The molecule has 0 aliphatic carbocycles. The van der Waals surface area contributed by atoms with Crippen molar-refractivity contribution in [3.8, 4) is 11.5 Å². The first kappa shape index (κ1) is 18.8. The molecule has 0 atom stereocenters. The van der Waals surface area contributed by atoms with Crippen molar-refractivity contribution in [3.05, 3.63) is 23.8 Å². The van der Waals surface area contributed by atoms with E-state index >= 15 is 0 Å². The zero-order valence-corrected chi connectivity index (χ0v) is 14.0. The Hall–Kier alpha value is -1.26. The highest BCUT2D eigenvalue weighted by Crippen LogP contribution is 2.25. The molecule has 0 saturated carbocycles. The van der Waals surface area contributed by atoms with Crippen LogP contribution < -0.4 is 4.74 Å². The predicted octanol–water partition coefficient (Wildman–Crippen LogP) is 3.66. The molecule has 1 aliphatic rings. The van der Waals surface area contributed by atoms with Gasteiger partial charge in [0.1, 0.15) is 18.1 Å². The van der Waals surface area contributed by atoms with Gasteiger partial charge >= 0.3 is 0 Å². The summed E-state index contributed by atoms with van der Waals surface area (Å²) >= 11 is 0. The van der Waals surface area contributed by atoms with Crippen LogP contribution in [0.2, 0.25) is 0 Å². The maximum absolute atomic E-state index is 11.8. The number of phenols is 1. The number of likely N-dealkylation sites (tertiary alicyclic amines) is 1. The summed E-state index contributed by atoms with van der Waals surface area (Å²) in [7, 11) is 0. The number of hydrogen-bond acceptors (Lipinski definition) is 4. The number of benzene rings is 1. The number of phenolic OH excluding ortho intramolecular Hbond substituents is 1. The highest BCUT2D eigenvalue weighted by atomic mass is 35.5. The third-order valence-corrected chi connectivity index (χ3v) is 3.87. The minimum atomic E-state index is -0.0186. The Morgan fingerprint density at radius 2 is 2.00 bits per heavy atom. The van der Waals surface area contributed by atoms with E-state index in [2.05, 4.69) is 4.90 Å². The Morgan fingerprint density at radius 3 is 2.64 bits per heavy atom. The van der Waals surface area contributed by atoms with Gasteiger partial charge < -0.3 is 9.84 Å². The molecule has 0 unspecified atom stereocenters. The first-order valence-electron chi connectivity index (χ1n) is 7.92. The summed E-state index contributed by atoms with van der Waals surface area (Å²) in [6, 6.07) is 4.96. The lowest BCUT2D eigenvalue weighted by atomic mass is 10.1. The number of halogens is 1. The minimum absolute atomic E-state index is 0. The number of piperidine rings is 1. The number of Topliss-reactive ketones (excluding diaryl/α,β-unsaturated/α-hetero) is 1. The molecule has 5 heteroatoms. The summed E-state index contributed by atoms with van der Waals surface area (Å²) in [4.78, 5) is 14.2. The van der Waals surface area contributed by atoms with E-state index in [0.29, 0.717) is 24.3 Å². The fourth-order valence-electron chi connectivity index (χ4n) is 2.67. The smallest absolute Gasteiger partial charge is 0.166 e. The average Bonchev–Trinajstić information content (AvgIpc) is 2.48. The van der Waals surface area contributed by atoms with E-state index in [1.165, 1.54) is 19.3 Å². The summed E-state index contributed by atoms with van der Waals surface area (Å²) in [6.45, 7) is 5.78. The number of nitrogens with zero attached hydrogens (tertiary/aromatic N) is 1. The van der Waals surface area contributed by atoms with Gasteiger partial charge in [-0.25, -0.2) is 0 Å². The molecule has 1 aromatic rings. The molecule has 1 heterocycles. The number of carbonyl (C=O) groups is 1. The summed E-state index contributed by atoms with van der Waals surface area (Å²) < 4.78 is 5.67. The van der Waals surface area contributed by atoms with Crippen LogP contribution in [0.5, 0.6) is 11.5 Å². The Morgan fingerprint density at radius 1 is 1.27 bits per heavy atom. The molecule has 4 nitrogen and oxygen atoms in total. The number of ketones is 1. The molecule has 1 aromatic carbocycles. The molecule has 0 bridgehead atoms. The molecule has 1 aliphatic heterocycles. The molecule has 2 rings (SSSR count). The molecule has 0 aromatic heterocycles. The van der Waals surface area contributed by atoms with Crippen molar-refractivity contribution >= 4 is 18.2 Å². The van der Waals surface area contributed by atoms with Gasteiger partial charge in [-0.2, -0.15) is 0 Å². The summed E-state index contributed by atoms with van der Waals surface area (Å²) in [6.07, 6.45) is 5.12. The van der Waals surface area contributed by atoms with E-state index < -0.39 is 0 Å². The lowest BCUT2D eigenvalue weighted by molar-refractivity contribution is 0.0979. The highest BCUT2D eigenvalue weighted by Gasteiger charge is 2.12. The first-order valence-corrected chi connectivity index (χ1v) is 7.92. The van der Waals surface area contributed by atoms with Crippen molar-refractivity contribution < 1.29 is 14.6 Å². The molecular weight excluding hydrogens is 302 g/mol. The third-order valence-electron chi connectivity index (χ3n) is 3.87. The van der Waals surface area contributed by atoms with Crippen molar-refractivity contribution in [2.24, 2.45) is 0 Å². The van der Waals surface area contributed by atoms with Crippen LogP contribution in [0.15, 0.2) is 18.2 Å². The van der Waals surface area contributed by atoms with Crippen LogP contribution in [-0.4, -0.2) is 42.0 Å². The van der Waals surface area contributed by atoms with Crippen LogP contribution in [0.4, 0.5) is 0 Å². The van der Waals surface area contributed by atoms with Crippen molar-refractivity contribution in [1.82, 2.24) is 4.90 Å². The van der Waals surface area contributed by atoms with Crippen LogP contribution in [-0.2, 0) is 0 Å². The number of hydrogen-bond donors (Lipinski definition) is 1.